The Hall–Kier alpha value is -0.640. The Morgan fingerprint density at radius 2 is 2.24 bits per heavy atom. The summed E-state index contributed by atoms with van der Waals surface area (Å²) >= 11 is 0. The van der Waals surface area contributed by atoms with Gasteiger partial charge < -0.3 is 5.32 Å². The van der Waals surface area contributed by atoms with Crippen molar-refractivity contribution in [3.63, 3.8) is 0 Å². The van der Waals surface area contributed by atoms with E-state index in [1.54, 1.807) is 13.0 Å². The minimum Gasteiger partial charge on any atom is -0.312 e. The van der Waals surface area contributed by atoms with Crippen LogP contribution >= 0.6 is 12.4 Å². The van der Waals surface area contributed by atoms with Gasteiger partial charge in [-0.2, -0.15) is 0 Å². The molecule has 4 heteroatoms. The smallest absolute Gasteiger partial charge is 0.126 e. The quantitative estimate of drug-likeness (QED) is 0.876. The van der Waals surface area contributed by atoms with Crippen LogP contribution < -0.4 is 5.32 Å². The van der Waals surface area contributed by atoms with Gasteiger partial charge >= 0.3 is 0 Å². The molecule has 1 atom stereocenters. The molecule has 1 saturated heterocycles. The molecule has 1 fully saturated rings. The first-order valence-corrected chi connectivity index (χ1v) is 5.86. The van der Waals surface area contributed by atoms with Gasteiger partial charge in [0.25, 0.3) is 0 Å². The molecule has 1 aromatic carbocycles. The number of rotatable bonds is 2. The second-order valence-electron chi connectivity index (χ2n) is 4.67. The van der Waals surface area contributed by atoms with E-state index in [9.17, 15) is 4.39 Å². The number of nitrogens with zero attached hydrogens (tertiary/aromatic N) is 1. The highest BCUT2D eigenvalue weighted by Gasteiger charge is 2.15. The molecule has 96 valence electrons. The lowest BCUT2D eigenvalue weighted by atomic mass is 10.1. The third-order valence-corrected chi connectivity index (χ3v) is 3.10. The molecule has 0 amide bonds. The minimum absolute atomic E-state index is 0. The van der Waals surface area contributed by atoms with Crippen LogP contribution in [0, 0.1) is 12.7 Å². The van der Waals surface area contributed by atoms with Crippen LogP contribution in [0.1, 0.15) is 18.1 Å². The molecule has 2 nitrogen and oxygen atoms in total. The summed E-state index contributed by atoms with van der Waals surface area (Å²) in [5.74, 6) is -0.0966. The minimum atomic E-state index is -0.0966. The molecule has 0 radical (unpaired) electrons. The van der Waals surface area contributed by atoms with Crippen molar-refractivity contribution in [2.75, 3.05) is 19.6 Å². The van der Waals surface area contributed by atoms with E-state index in [-0.39, 0.29) is 18.2 Å². The van der Waals surface area contributed by atoms with E-state index in [0.29, 0.717) is 6.04 Å². The largest absolute Gasteiger partial charge is 0.312 e. The van der Waals surface area contributed by atoms with Gasteiger partial charge in [-0.25, -0.2) is 4.39 Å². The Balaban J connectivity index is 0.00000144. The lowest BCUT2D eigenvalue weighted by Crippen LogP contribution is -2.48. The number of hydrogen-bond acceptors (Lipinski definition) is 2. The third kappa shape index (κ3) is 3.95. The molecular weight excluding hydrogens is 239 g/mol. The molecule has 2 rings (SSSR count). The van der Waals surface area contributed by atoms with Crippen LogP contribution in [-0.4, -0.2) is 30.6 Å². The highest BCUT2D eigenvalue weighted by molar-refractivity contribution is 5.85. The van der Waals surface area contributed by atoms with E-state index in [2.05, 4.69) is 17.1 Å². The van der Waals surface area contributed by atoms with Gasteiger partial charge in [-0.05, 0) is 31.0 Å². The number of nitrogens with one attached hydrogen (secondary N) is 1. The molecule has 1 aliphatic rings. The number of aryl methyl sites for hydroxylation is 1. The molecule has 0 bridgehead atoms. The van der Waals surface area contributed by atoms with Crippen molar-refractivity contribution in [1.29, 1.82) is 0 Å². The Morgan fingerprint density at radius 3 is 2.88 bits per heavy atom. The van der Waals surface area contributed by atoms with Crippen molar-refractivity contribution in [3.8, 4) is 0 Å². The van der Waals surface area contributed by atoms with E-state index >= 15 is 0 Å². The van der Waals surface area contributed by atoms with Crippen LogP contribution in [0.5, 0.6) is 0 Å². The maximum atomic E-state index is 13.4. The fourth-order valence-corrected chi connectivity index (χ4v) is 2.15. The van der Waals surface area contributed by atoms with Crippen LogP contribution in [0.4, 0.5) is 4.39 Å². The monoisotopic (exact) mass is 258 g/mol. The first-order valence-electron chi connectivity index (χ1n) is 5.86. The number of halogens is 2. The molecule has 1 heterocycles. The van der Waals surface area contributed by atoms with E-state index in [4.69, 9.17) is 0 Å². The van der Waals surface area contributed by atoms with E-state index in [1.807, 2.05) is 12.1 Å². The number of benzene rings is 1. The Bertz CT molecular complexity index is 370. The van der Waals surface area contributed by atoms with Gasteiger partial charge in [0, 0.05) is 32.2 Å². The van der Waals surface area contributed by atoms with Gasteiger partial charge in [0.15, 0.2) is 0 Å². The Morgan fingerprint density at radius 1 is 1.47 bits per heavy atom. The summed E-state index contributed by atoms with van der Waals surface area (Å²) in [5.41, 5.74) is 1.79. The number of hydrogen-bond donors (Lipinski definition) is 1. The van der Waals surface area contributed by atoms with Crippen LogP contribution in [0.25, 0.3) is 0 Å². The summed E-state index contributed by atoms with van der Waals surface area (Å²) in [6, 6.07) is 6.06. The van der Waals surface area contributed by atoms with Crippen molar-refractivity contribution in [1.82, 2.24) is 10.2 Å². The van der Waals surface area contributed by atoms with E-state index < -0.39 is 0 Å². The lowest BCUT2D eigenvalue weighted by molar-refractivity contribution is 0.199. The highest BCUT2D eigenvalue weighted by atomic mass is 35.5. The zero-order valence-electron chi connectivity index (χ0n) is 10.4. The summed E-state index contributed by atoms with van der Waals surface area (Å²) in [6.07, 6.45) is 0. The molecule has 1 aliphatic heterocycles. The van der Waals surface area contributed by atoms with E-state index in [1.165, 1.54) is 0 Å². The highest BCUT2D eigenvalue weighted by Crippen LogP contribution is 2.12. The summed E-state index contributed by atoms with van der Waals surface area (Å²) in [5, 5.41) is 3.40. The van der Waals surface area contributed by atoms with Gasteiger partial charge in [-0.3, -0.25) is 4.90 Å². The van der Waals surface area contributed by atoms with Crippen LogP contribution in [0.2, 0.25) is 0 Å². The topological polar surface area (TPSA) is 15.3 Å². The fourth-order valence-electron chi connectivity index (χ4n) is 2.15. The zero-order chi connectivity index (χ0) is 11.5. The average Bonchev–Trinajstić information content (AvgIpc) is 2.24. The van der Waals surface area contributed by atoms with Gasteiger partial charge in [-0.15, -0.1) is 12.4 Å². The molecule has 17 heavy (non-hydrogen) atoms. The summed E-state index contributed by atoms with van der Waals surface area (Å²) < 4.78 is 13.4. The fraction of sp³-hybridized carbons (Fsp3) is 0.538. The normalized spacial score (nSPS) is 21.0. The average molecular weight is 259 g/mol. The van der Waals surface area contributed by atoms with Crippen LogP contribution in [0.3, 0.4) is 0 Å². The summed E-state index contributed by atoms with van der Waals surface area (Å²) in [7, 11) is 0. The summed E-state index contributed by atoms with van der Waals surface area (Å²) in [4.78, 5) is 2.37. The lowest BCUT2D eigenvalue weighted by Gasteiger charge is -2.31. The van der Waals surface area contributed by atoms with Gasteiger partial charge in [0.2, 0.25) is 0 Å². The maximum absolute atomic E-state index is 13.4. The predicted molar refractivity (Wildman–Crippen MR) is 71.1 cm³/mol. The summed E-state index contributed by atoms with van der Waals surface area (Å²) in [6.45, 7) is 7.93. The Labute approximate surface area is 109 Å². The van der Waals surface area contributed by atoms with Crippen LogP contribution in [0.15, 0.2) is 18.2 Å². The maximum Gasteiger partial charge on any atom is 0.126 e. The van der Waals surface area contributed by atoms with Crippen molar-refractivity contribution in [2.24, 2.45) is 0 Å². The van der Waals surface area contributed by atoms with Crippen LogP contribution in [-0.2, 0) is 6.54 Å². The number of piperazine rings is 1. The predicted octanol–water partition coefficient (Wildman–Crippen LogP) is 2.35. The van der Waals surface area contributed by atoms with Gasteiger partial charge in [0.05, 0.1) is 0 Å². The molecule has 0 spiro atoms. The first-order chi connectivity index (χ1) is 7.65. The molecule has 1 aromatic rings. The van der Waals surface area contributed by atoms with Gasteiger partial charge in [0.1, 0.15) is 5.82 Å². The molecule has 0 saturated carbocycles. The molecule has 0 aliphatic carbocycles. The van der Waals surface area contributed by atoms with E-state index in [0.717, 1.165) is 37.3 Å². The van der Waals surface area contributed by atoms with Crippen molar-refractivity contribution < 1.29 is 4.39 Å². The second kappa shape index (κ2) is 6.34. The zero-order valence-corrected chi connectivity index (χ0v) is 11.2. The SMILES string of the molecule is Cc1ccc(CN2CCN[C@H](C)C2)cc1F.Cl. The molecule has 1 N–H and O–H groups in total. The van der Waals surface area contributed by atoms with Crippen molar-refractivity contribution >= 4 is 12.4 Å². The Kier molecular flexibility index (Phi) is 5.37. The first kappa shape index (κ1) is 14.4. The molecular formula is C13H20ClFN2. The van der Waals surface area contributed by atoms with Crippen molar-refractivity contribution in [3.05, 3.63) is 35.1 Å². The third-order valence-electron chi connectivity index (χ3n) is 3.10. The second-order valence-corrected chi connectivity index (χ2v) is 4.67. The molecule has 0 aromatic heterocycles. The van der Waals surface area contributed by atoms with Gasteiger partial charge in [-0.1, -0.05) is 12.1 Å². The molecule has 0 unspecified atom stereocenters. The standard InChI is InChI=1S/C13H19FN2.ClH/c1-10-3-4-12(7-13(10)14)9-16-6-5-15-11(2)8-16;/h3-4,7,11,15H,5-6,8-9H2,1-2H3;1H/t11-;/m1./s1. The van der Waals surface area contributed by atoms with Crippen molar-refractivity contribution in [2.45, 2.75) is 26.4 Å².